The fourth-order valence-corrected chi connectivity index (χ4v) is 2.34. The lowest BCUT2D eigenvalue weighted by atomic mass is 10.00. The van der Waals surface area contributed by atoms with E-state index in [9.17, 15) is 0 Å². The van der Waals surface area contributed by atoms with Crippen molar-refractivity contribution in [2.45, 2.75) is 13.0 Å². The van der Waals surface area contributed by atoms with Crippen LogP contribution in [0.3, 0.4) is 0 Å². The van der Waals surface area contributed by atoms with E-state index in [-0.39, 0.29) is 6.04 Å². The molecule has 0 radical (unpaired) electrons. The van der Waals surface area contributed by atoms with Gasteiger partial charge >= 0.3 is 0 Å². The average Bonchev–Trinajstić information content (AvgIpc) is 3.05. The minimum atomic E-state index is 0.00227. The number of furan rings is 1. The van der Waals surface area contributed by atoms with Crippen LogP contribution >= 0.6 is 0 Å². The Bertz CT molecular complexity index is 541. The second-order valence-electron chi connectivity index (χ2n) is 4.51. The summed E-state index contributed by atoms with van der Waals surface area (Å²) in [6.07, 6.45) is 3.40. The monoisotopic (exact) mass is 291 g/mol. The second-order valence-corrected chi connectivity index (χ2v) is 4.51. The fraction of sp³-hybridized carbons (Fsp3) is 0.375. The molecule has 1 heterocycles. The van der Waals surface area contributed by atoms with Gasteiger partial charge in [-0.25, -0.2) is 0 Å². The van der Waals surface area contributed by atoms with Crippen molar-refractivity contribution in [2.24, 2.45) is 0 Å². The van der Waals surface area contributed by atoms with Gasteiger partial charge in [-0.1, -0.05) is 6.92 Å². The molecule has 1 aromatic carbocycles. The van der Waals surface area contributed by atoms with Crippen molar-refractivity contribution in [2.75, 3.05) is 27.9 Å². The van der Waals surface area contributed by atoms with Crippen LogP contribution in [0.25, 0.3) is 0 Å². The zero-order valence-electron chi connectivity index (χ0n) is 12.8. The average molecular weight is 291 g/mol. The van der Waals surface area contributed by atoms with Gasteiger partial charge in [0.15, 0.2) is 11.5 Å². The molecule has 5 nitrogen and oxygen atoms in total. The first-order valence-corrected chi connectivity index (χ1v) is 6.80. The Balaban J connectivity index is 2.50. The van der Waals surface area contributed by atoms with Crippen LogP contribution in [0.4, 0.5) is 0 Å². The zero-order chi connectivity index (χ0) is 15.2. The minimum Gasteiger partial charge on any atom is -0.493 e. The maximum atomic E-state index is 5.41. The highest BCUT2D eigenvalue weighted by molar-refractivity contribution is 5.55. The van der Waals surface area contributed by atoms with Crippen molar-refractivity contribution >= 4 is 0 Å². The smallest absolute Gasteiger partial charge is 0.203 e. The Labute approximate surface area is 124 Å². The molecule has 0 aliphatic rings. The van der Waals surface area contributed by atoms with Crippen molar-refractivity contribution < 1.29 is 18.6 Å². The molecule has 114 valence electrons. The van der Waals surface area contributed by atoms with E-state index in [2.05, 4.69) is 12.2 Å². The number of benzene rings is 1. The Morgan fingerprint density at radius 3 is 2.14 bits per heavy atom. The summed E-state index contributed by atoms with van der Waals surface area (Å²) < 4.78 is 21.4. The van der Waals surface area contributed by atoms with Gasteiger partial charge in [0.1, 0.15) is 0 Å². The van der Waals surface area contributed by atoms with Gasteiger partial charge in [-0.15, -0.1) is 0 Å². The molecule has 0 aliphatic heterocycles. The summed E-state index contributed by atoms with van der Waals surface area (Å²) in [5, 5.41) is 3.43. The molecule has 0 saturated heterocycles. The van der Waals surface area contributed by atoms with Crippen LogP contribution in [0, 0.1) is 0 Å². The molecule has 1 aromatic heterocycles. The van der Waals surface area contributed by atoms with E-state index < -0.39 is 0 Å². The summed E-state index contributed by atoms with van der Waals surface area (Å²) in [7, 11) is 4.82. The molecule has 0 bridgehead atoms. The zero-order valence-corrected chi connectivity index (χ0v) is 12.8. The van der Waals surface area contributed by atoms with Crippen LogP contribution in [0.2, 0.25) is 0 Å². The highest BCUT2D eigenvalue weighted by atomic mass is 16.5. The topological polar surface area (TPSA) is 52.9 Å². The lowest BCUT2D eigenvalue weighted by Gasteiger charge is -2.20. The summed E-state index contributed by atoms with van der Waals surface area (Å²) in [5.41, 5.74) is 2.07. The Kier molecular flexibility index (Phi) is 5.11. The molecule has 1 atom stereocenters. The standard InChI is InChI=1S/C16H21NO4/c1-5-17-15(11-6-7-21-10-11)12-8-13(18-2)16(20-4)14(9-12)19-3/h6-10,15,17H,5H2,1-4H3. The number of nitrogens with one attached hydrogen (secondary N) is 1. The highest BCUT2D eigenvalue weighted by Crippen LogP contribution is 2.40. The van der Waals surface area contributed by atoms with E-state index in [1.54, 1.807) is 33.9 Å². The second kappa shape index (κ2) is 7.04. The maximum Gasteiger partial charge on any atom is 0.203 e. The lowest BCUT2D eigenvalue weighted by Crippen LogP contribution is -2.21. The number of methoxy groups -OCH3 is 3. The number of hydrogen-bond donors (Lipinski definition) is 1. The van der Waals surface area contributed by atoms with E-state index >= 15 is 0 Å². The van der Waals surface area contributed by atoms with Crippen molar-refractivity contribution in [3.05, 3.63) is 41.9 Å². The van der Waals surface area contributed by atoms with Gasteiger partial charge in [-0.3, -0.25) is 0 Å². The minimum absolute atomic E-state index is 0.00227. The maximum absolute atomic E-state index is 5.41. The Morgan fingerprint density at radius 1 is 1.05 bits per heavy atom. The highest BCUT2D eigenvalue weighted by Gasteiger charge is 2.20. The van der Waals surface area contributed by atoms with Gasteiger partial charge in [-0.05, 0) is 30.3 Å². The van der Waals surface area contributed by atoms with Crippen LogP contribution in [0.15, 0.2) is 35.1 Å². The van der Waals surface area contributed by atoms with Gasteiger partial charge in [0.05, 0.1) is 39.9 Å². The molecule has 21 heavy (non-hydrogen) atoms. The van der Waals surface area contributed by atoms with E-state index in [1.165, 1.54) is 0 Å². The summed E-state index contributed by atoms with van der Waals surface area (Å²) in [5.74, 6) is 1.86. The molecule has 2 rings (SSSR count). The molecule has 0 amide bonds. The largest absolute Gasteiger partial charge is 0.493 e. The molecule has 1 N–H and O–H groups in total. The summed E-state index contributed by atoms with van der Waals surface area (Å²) >= 11 is 0. The summed E-state index contributed by atoms with van der Waals surface area (Å²) in [6, 6.07) is 5.84. The van der Waals surface area contributed by atoms with Gasteiger partial charge in [0.25, 0.3) is 0 Å². The number of hydrogen-bond acceptors (Lipinski definition) is 5. The van der Waals surface area contributed by atoms with E-state index in [1.807, 2.05) is 18.2 Å². The van der Waals surface area contributed by atoms with Crippen molar-refractivity contribution in [3.63, 3.8) is 0 Å². The van der Waals surface area contributed by atoms with Crippen molar-refractivity contribution in [1.29, 1.82) is 0 Å². The molecule has 0 spiro atoms. The van der Waals surface area contributed by atoms with E-state index in [0.29, 0.717) is 17.2 Å². The quantitative estimate of drug-likeness (QED) is 0.850. The van der Waals surface area contributed by atoms with E-state index in [4.69, 9.17) is 18.6 Å². The van der Waals surface area contributed by atoms with Gasteiger partial charge in [0, 0.05) is 5.56 Å². The van der Waals surface area contributed by atoms with Crippen LogP contribution in [0.5, 0.6) is 17.2 Å². The molecule has 0 aliphatic carbocycles. The summed E-state index contributed by atoms with van der Waals surface area (Å²) in [6.45, 7) is 2.89. The molecule has 2 aromatic rings. The third-order valence-electron chi connectivity index (χ3n) is 3.31. The van der Waals surface area contributed by atoms with Crippen molar-refractivity contribution in [3.8, 4) is 17.2 Å². The molecular weight excluding hydrogens is 270 g/mol. The normalized spacial score (nSPS) is 12.0. The Morgan fingerprint density at radius 2 is 1.71 bits per heavy atom. The lowest BCUT2D eigenvalue weighted by molar-refractivity contribution is 0.323. The number of rotatable bonds is 7. The van der Waals surface area contributed by atoms with E-state index in [0.717, 1.165) is 17.7 Å². The van der Waals surface area contributed by atoms with Gasteiger partial charge < -0.3 is 23.9 Å². The predicted octanol–water partition coefficient (Wildman–Crippen LogP) is 3.00. The molecule has 0 fully saturated rings. The Hall–Kier alpha value is -2.14. The van der Waals surface area contributed by atoms with Gasteiger partial charge in [-0.2, -0.15) is 0 Å². The van der Waals surface area contributed by atoms with Crippen LogP contribution in [0.1, 0.15) is 24.1 Å². The SMILES string of the molecule is CCNC(c1ccoc1)c1cc(OC)c(OC)c(OC)c1. The third-order valence-corrected chi connectivity index (χ3v) is 3.31. The first kappa shape index (κ1) is 15.3. The molecule has 1 unspecified atom stereocenters. The van der Waals surface area contributed by atoms with Crippen LogP contribution < -0.4 is 19.5 Å². The predicted molar refractivity (Wildman–Crippen MR) is 80.3 cm³/mol. The van der Waals surface area contributed by atoms with Crippen LogP contribution in [-0.4, -0.2) is 27.9 Å². The third kappa shape index (κ3) is 3.13. The van der Waals surface area contributed by atoms with Gasteiger partial charge in [0.2, 0.25) is 5.75 Å². The first-order valence-electron chi connectivity index (χ1n) is 6.80. The van der Waals surface area contributed by atoms with Crippen LogP contribution in [-0.2, 0) is 0 Å². The molecule has 0 saturated carbocycles. The summed E-state index contributed by atoms with van der Waals surface area (Å²) in [4.78, 5) is 0. The number of ether oxygens (including phenoxy) is 3. The van der Waals surface area contributed by atoms with Crippen molar-refractivity contribution in [1.82, 2.24) is 5.32 Å². The molecular formula is C16H21NO4. The molecule has 5 heteroatoms. The fourth-order valence-electron chi connectivity index (χ4n) is 2.34. The first-order chi connectivity index (χ1) is 10.2.